The highest BCUT2D eigenvalue weighted by Gasteiger charge is 2.35. The van der Waals surface area contributed by atoms with Crippen LogP contribution in [0.3, 0.4) is 0 Å². The molecule has 0 aliphatic heterocycles. The van der Waals surface area contributed by atoms with E-state index in [1.165, 1.54) is 0 Å². The lowest BCUT2D eigenvalue weighted by atomic mass is 9.85. The van der Waals surface area contributed by atoms with Gasteiger partial charge in [0.25, 0.3) is 0 Å². The van der Waals surface area contributed by atoms with Crippen molar-refractivity contribution in [3.63, 3.8) is 0 Å². The zero-order valence-electron chi connectivity index (χ0n) is 10.6. The third-order valence-corrected chi connectivity index (χ3v) is 3.10. The van der Waals surface area contributed by atoms with Crippen LogP contribution in [0.25, 0.3) is 0 Å². The Morgan fingerprint density at radius 1 is 1.67 bits per heavy atom. The summed E-state index contributed by atoms with van der Waals surface area (Å²) in [5, 5.41) is 14.4. The number of hydrogen-bond acceptors (Lipinski definition) is 4. The average molecular weight is 253 g/mol. The summed E-state index contributed by atoms with van der Waals surface area (Å²) < 4.78 is 1.85. The van der Waals surface area contributed by atoms with Gasteiger partial charge in [0.15, 0.2) is 5.84 Å². The first kappa shape index (κ1) is 14.0. The number of nitrogens with one attached hydrogen (secondary N) is 1. The van der Waals surface area contributed by atoms with E-state index in [4.69, 9.17) is 10.9 Å². The van der Waals surface area contributed by atoms with Crippen LogP contribution in [0.15, 0.2) is 23.9 Å². The average Bonchev–Trinajstić information content (AvgIpc) is 2.89. The van der Waals surface area contributed by atoms with Crippen LogP contribution in [-0.4, -0.2) is 33.0 Å². The predicted molar refractivity (Wildman–Crippen MR) is 67.0 cm³/mol. The van der Waals surface area contributed by atoms with Crippen LogP contribution in [0.1, 0.15) is 20.3 Å². The molecule has 1 unspecified atom stereocenters. The van der Waals surface area contributed by atoms with Crippen molar-refractivity contribution in [3.8, 4) is 0 Å². The number of oxime groups is 1. The standard InChI is InChI=1S/C11H19N5O2/c1-3-11(2,9(12)15-18)10(17)14-5-7-16-6-4-13-8-16/h4,6,8,18H,3,5,7H2,1-2H3,(H2,12,15)(H,14,17). The second-order valence-electron chi connectivity index (χ2n) is 4.23. The molecule has 0 saturated heterocycles. The summed E-state index contributed by atoms with van der Waals surface area (Å²) in [6.45, 7) is 4.55. The molecule has 18 heavy (non-hydrogen) atoms. The lowest BCUT2D eigenvalue weighted by Crippen LogP contribution is -2.48. The first-order chi connectivity index (χ1) is 8.54. The first-order valence-electron chi connectivity index (χ1n) is 5.76. The lowest BCUT2D eigenvalue weighted by Gasteiger charge is -2.25. The number of carbonyl (C=O) groups is 1. The molecule has 0 radical (unpaired) electrons. The summed E-state index contributed by atoms with van der Waals surface area (Å²) in [7, 11) is 0. The van der Waals surface area contributed by atoms with Crippen molar-refractivity contribution < 1.29 is 10.0 Å². The molecule has 7 heteroatoms. The van der Waals surface area contributed by atoms with Crippen molar-refractivity contribution in [2.75, 3.05) is 6.54 Å². The van der Waals surface area contributed by atoms with E-state index in [-0.39, 0.29) is 11.7 Å². The minimum atomic E-state index is -0.982. The minimum absolute atomic E-state index is 0.0786. The summed E-state index contributed by atoms with van der Waals surface area (Å²) >= 11 is 0. The Morgan fingerprint density at radius 2 is 2.39 bits per heavy atom. The Bertz CT molecular complexity index is 415. The highest BCUT2D eigenvalue weighted by atomic mass is 16.4. The highest BCUT2D eigenvalue weighted by molar-refractivity contribution is 6.06. The SMILES string of the molecule is CCC(C)(C(=O)NCCn1ccnc1)/C(N)=N/O. The van der Waals surface area contributed by atoms with Crippen LogP contribution < -0.4 is 11.1 Å². The Balaban J connectivity index is 2.53. The van der Waals surface area contributed by atoms with Crippen LogP contribution in [0.2, 0.25) is 0 Å². The zero-order chi connectivity index (χ0) is 13.6. The van der Waals surface area contributed by atoms with Gasteiger partial charge in [-0.3, -0.25) is 4.79 Å². The van der Waals surface area contributed by atoms with Gasteiger partial charge in [0.2, 0.25) is 5.91 Å². The molecule has 1 aromatic rings. The van der Waals surface area contributed by atoms with Gasteiger partial charge in [-0.05, 0) is 13.3 Å². The number of amidine groups is 1. The second-order valence-corrected chi connectivity index (χ2v) is 4.23. The summed E-state index contributed by atoms with van der Waals surface area (Å²) in [4.78, 5) is 15.9. The molecular formula is C11H19N5O2. The maximum absolute atomic E-state index is 12.0. The number of amides is 1. The molecule has 7 nitrogen and oxygen atoms in total. The van der Waals surface area contributed by atoms with Gasteiger partial charge >= 0.3 is 0 Å². The maximum atomic E-state index is 12.0. The van der Waals surface area contributed by atoms with E-state index >= 15 is 0 Å². The van der Waals surface area contributed by atoms with Crippen molar-refractivity contribution in [2.45, 2.75) is 26.8 Å². The highest BCUT2D eigenvalue weighted by Crippen LogP contribution is 2.21. The van der Waals surface area contributed by atoms with Crippen molar-refractivity contribution in [3.05, 3.63) is 18.7 Å². The van der Waals surface area contributed by atoms with Crippen molar-refractivity contribution in [1.82, 2.24) is 14.9 Å². The summed E-state index contributed by atoms with van der Waals surface area (Å²) in [6, 6.07) is 0. The molecule has 0 saturated carbocycles. The summed E-state index contributed by atoms with van der Waals surface area (Å²) in [5.74, 6) is -0.328. The number of carbonyl (C=O) groups excluding carboxylic acids is 1. The molecule has 0 spiro atoms. The van der Waals surface area contributed by atoms with Gasteiger partial charge in [-0.25, -0.2) is 4.98 Å². The number of rotatable bonds is 6. The van der Waals surface area contributed by atoms with Crippen LogP contribution in [0, 0.1) is 5.41 Å². The summed E-state index contributed by atoms with van der Waals surface area (Å²) in [5.41, 5.74) is 4.57. The number of nitrogens with zero attached hydrogens (tertiary/aromatic N) is 3. The van der Waals surface area contributed by atoms with E-state index in [1.54, 1.807) is 19.4 Å². The van der Waals surface area contributed by atoms with Crippen LogP contribution in [0.4, 0.5) is 0 Å². The van der Waals surface area contributed by atoms with Crippen molar-refractivity contribution in [1.29, 1.82) is 0 Å². The maximum Gasteiger partial charge on any atom is 0.233 e. The molecular weight excluding hydrogens is 234 g/mol. The fourth-order valence-electron chi connectivity index (χ4n) is 1.48. The molecule has 1 amide bonds. The minimum Gasteiger partial charge on any atom is -0.409 e. The molecule has 0 bridgehead atoms. The van der Waals surface area contributed by atoms with E-state index in [9.17, 15) is 4.79 Å². The topological polar surface area (TPSA) is 106 Å². The van der Waals surface area contributed by atoms with Crippen LogP contribution in [-0.2, 0) is 11.3 Å². The molecule has 0 fully saturated rings. The van der Waals surface area contributed by atoms with Crippen molar-refractivity contribution >= 4 is 11.7 Å². The third-order valence-electron chi connectivity index (χ3n) is 3.10. The first-order valence-corrected chi connectivity index (χ1v) is 5.76. The lowest BCUT2D eigenvalue weighted by molar-refractivity contribution is -0.127. The van der Waals surface area contributed by atoms with E-state index in [1.807, 2.05) is 17.7 Å². The van der Waals surface area contributed by atoms with E-state index in [0.717, 1.165) is 0 Å². The van der Waals surface area contributed by atoms with Gasteiger partial charge < -0.3 is 20.8 Å². The second kappa shape index (κ2) is 6.04. The Morgan fingerprint density at radius 3 is 2.89 bits per heavy atom. The van der Waals surface area contributed by atoms with Gasteiger partial charge in [0, 0.05) is 25.5 Å². The smallest absolute Gasteiger partial charge is 0.233 e. The van der Waals surface area contributed by atoms with E-state index in [2.05, 4.69) is 15.5 Å². The van der Waals surface area contributed by atoms with Gasteiger partial charge in [0.1, 0.15) is 5.41 Å². The number of hydrogen-bond donors (Lipinski definition) is 3. The molecule has 0 aromatic carbocycles. The molecule has 1 atom stereocenters. The van der Waals surface area contributed by atoms with Gasteiger partial charge in [-0.2, -0.15) is 0 Å². The fraction of sp³-hybridized carbons (Fsp3) is 0.545. The predicted octanol–water partition coefficient (Wildman–Crippen LogP) is 0.162. The molecule has 1 aromatic heterocycles. The largest absolute Gasteiger partial charge is 0.409 e. The molecule has 100 valence electrons. The third kappa shape index (κ3) is 2.99. The van der Waals surface area contributed by atoms with Crippen LogP contribution >= 0.6 is 0 Å². The van der Waals surface area contributed by atoms with Gasteiger partial charge in [0.05, 0.1) is 6.33 Å². The molecule has 1 heterocycles. The van der Waals surface area contributed by atoms with Gasteiger partial charge in [-0.15, -0.1) is 0 Å². The molecule has 1 rings (SSSR count). The molecule has 0 aliphatic rings. The fourth-order valence-corrected chi connectivity index (χ4v) is 1.48. The Kier molecular flexibility index (Phi) is 4.70. The monoisotopic (exact) mass is 253 g/mol. The number of imidazole rings is 1. The quantitative estimate of drug-likeness (QED) is 0.290. The van der Waals surface area contributed by atoms with Crippen LogP contribution in [0.5, 0.6) is 0 Å². The van der Waals surface area contributed by atoms with Gasteiger partial charge in [-0.1, -0.05) is 12.1 Å². The Hall–Kier alpha value is -2.05. The molecule has 0 aliphatic carbocycles. The normalized spacial score (nSPS) is 15.1. The molecule has 4 N–H and O–H groups in total. The van der Waals surface area contributed by atoms with E-state index in [0.29, 0.717) is 19.5 Å². The summed E-state index contributed by atoms with van der Waals surface area (Å²) in [6.07, 6.45) is 5.62. The van der Waals surface area contributed by atoms with E-state index < -0.39 is 5.41 Å². The zero-order valence-corrected chi connectivity index (χ0v) is 10.6. The van der Waals surface area contributed by atoms with Crippen molar-refractivity contribution in [2.24, 2.45) is 16.3 Å². The number of nitrogens with two attached hydrogens (primary N) is 1. The number of aromatic nitrogens is 2. The Labute approximate surface area is 106 Å².